The van der Waals surface area contributed by atoms with Crippen molar-refractivity contribution in [3.63, 3.8) is 0 Å². The summed E-state index contributed by atoms with van der Waals surface area (Å²) in [6.07, 6.45) is -0.594. The van der Waals surface area contributed by atoms with Gasteiger partial charge in [0.15, 0.2) is 12.2 Å². The lowest BCUT2D eigenvalue weighted by atomic mass is 10.2. The van der Waals surface area contributed by atoms with Crippen molar-refractivity contribution >= 4 is 55.9 Å². The molecule has 0 aliphatic carbocycles. The number of nitrogens with one attached hydrogen (secondary N) is 2. The predicted octanol–water partition coefficient (Wildman–Crippen LogP) is 2.93. The minimum atomic E-state index is -1.15. The van der Waals surface area contributed by atoms with Gasteiger partial charge in [-0.2, -0.15) is 0 Å². The Bertz CT molecular complexity index is 1060. The number of ether oxygens (including phenoxy) is 1. The Morgan fingerprint density at radius 3 is 2.67 bits per heavy atom. The van der Waals surface area contributed by atoms with Crippen molar-refractivity contribution in [2.75, 3.05) is 10.6 Å². The minimum absolute atomic E-state index is 0.499. The Labute approximate surface area is 161 Å². The molecule has 2 atom stereocenters. The Morgan fingerprint density at radius 1 is 1.07 bits per heavy atom. The van der Waals surface area contributed by atoms with Gasteiger partial charge in [0.1, 0.15) is 12.1 Å². The number of benzene rings is 2. The van der Waals surface area contributed by atoms with E-state index in [1.165, 1.54) is 6.33 Å². The zero-order valence-electron chi connectivity index (χ0n) is 13.7. The molecule has 0 spiro atoms. The maximum atomic E-state index is 12.1. The number of rotatable bonds is 5. The highest BCUT2D eigenvalue weighted by Gasteiger charge is 2.50. The molecular formula is C18H13BrN4O4. The molecule has 1 saturated heterocycles. The van der Waals surface area contributed by atoms with Crippen molar-refractivity contribution in [2.45, 2.75) is 12.2 Å². The highest BCUT2D eigenvalue weighted by Crippen LogP contribution is 2.28. The lowest BCUT2D eigenvalue weighted by Crippen LogP contribution is -2.22. The molecule has 2 heterocycles. The zero-order valence-corrected chi connectivity index (χ0v) is 15.3. The summed E-state index contributed by atoms with van der Waals surface area (Å²) >= 11 is 3.42. The number of aromatic nitrogens is 2. The third-order valence-corrected chi connectivity index (χ3v) is 4.48. The first kappa shape index (κ1) is 17.4. The number of nitrogens with zero attached hydrogens (tertiary/aromatic N) is 2. The molecule has 2 unspecified atom stereocenters. The van der Waals surface area contributed by atoms with Crippen LogP contribution in [-0.4, -0.2) is 39.2 Å². The van der Waals surface area contributed by atoms with Crippen molar-refractivity contribution < 1.29 is 19.4 Å². The van der Waals surface area contributed by atoms with E-state index < -0.39 is 24.1 Å². The molecule has 1 amide bonds. The normalized spacial score (nSPS) is 18.1. The number of fused-ring (bicyclic) bond motifs is 1. The summed E-state index contributed by atoms with van der Waals surface area (Å²) in [6, 6.07) is 12.8. The van der Waals surface area contributed by atoms with Crippen LogP contribution in [0.4, 0.5) is 17.2 Å². The number of carbonyl (C=O) groups excluding carboxylic acids is 1. The second-order valence-corrected chi connectivity index (χ2v) is 6.81. The molecule has 1 aliphatic rings. The van der Waals surface area contributed by atoms with E-state index in [0.29, 0.717) is 22.4 Å². The van der Waals surface area contributed by atoms with Gasteiger partial charge in [0.05, 0.1) is 5.52 Å². The van der Waals surface area contributed by atoms with Crippen LogP contribution in [-0.2, 0) is 14.3 Å². The number of amides is 1. The lowest BCUT2D eigenvalue weighted by molar-refractivity contribution is -0.138. The second kappa shape index (κ2) is 6.93. The number of carboxylic acids is 1. The van der Waals surface area contributed by atoms with Crippen molar-refractivity contribution in [1.29, 1.82) is 0 Å². The molecule has 1 aliphatic heterocycles. The molecule has 3 N–H and O–H groups in total. The second-order valence-electron chi connectivity index (χ2n) is 5.89. The van der Waals surface area contributed by atoms with E-state index in [4.69, 9.17) is 9.84 Å². The van der Waals surface area contributed by atoms with Crippen molar-refractivity contribution in [3.05, 3.63) is 53.3 Å². The van der Waals surface area contributed by atoms with Crippen molar-refractivity contribution in [2.24, 2.45) is 0 Å². The number of carboxylic acid groups (broad SMARTS) is 1. The van der Waals surface area contributed by atoms with Gasteiger partial charge in [0.25, 0.3) is 5.91 Å². The van der Waals surface area contributed by atoms with Gasteiger partial charge in [0.2, 0.25) is 0 Å². The van der Waals surface area contributed by atoms with E-state index in [1.54, 1.807) is 18.2 Å². The van der Waals surface area contributed by atoms with E-state index >= 15 is 0 Å². The van der Waals surface area contributed by atoms with Gasteiger partial charge in [0, 0.05) is 21.2 Å². The summed E-state index contributed by atoms with van der Waals surface area (Å²) in [6.45, 7) is 0. The zero-order chi connectivity index (χ0) is 19.0. The molecule has 3 aromatic rings. The van der Waals surface area contributed by atoms with Gasteiger partial charge in [-0.15, -0.1) is 0 Å². The molecule has 136 valence electrons. The van der Waals surface area contributed by atoms with Crippen LogP contribution < -0.4 is 10.6 Å². The van der Waals surface area contributed by atoms with Gasteiger partial charge in [-0.05, 0) is 36.4 Å². The quantitative estimate of drug-likeness (QED) is 0.534. The topological polar surface area (TPSA) is 117 Å². The molecule has 27 heavy (non-hydrogen) atoms. The summed E-state index contributed by atoms with van der Waals surface area (Å²) in [7, 11) is 0. The van der Waals surface area contributed by atoms with Gasteiger partial charge < -0.3 is 20.5 Å². The molecule has 1 aromatic heterocycles. The van der Waals surface area contributed by atoms with E-state index in [1.807, 2.05) is 24.3 Å². The molecule has 2 aromatic carbocycles. The molecule has 1 fully saturated rings. The number of aliphatic carboxylic acids is 1. The first-order valence-electron chi connectivity index (χ1n) is 7.98. The fourth-order valence-corrected chi connectivity index (χ4v) is 3.05. The summed E-state index contributed by atoms with van der Waals surface area (Å²) in [5, 5.41) is 15.4. The number of carbonyl (C=O) groups is 2. The molecular weight excluding hydrogens is 416 g/mol. The van der Waals surface area contributed by atoms with Crippen LogP contribution in [0.3, 0.4) is 0 Å². The average Bonchev–Trinajstić information content (AvgIpc) is 3.43. The van der Waals surface area contributed by atoms with Crippen molar-refractivity contribution in [3.8, 4) is 0 Å². The Balaban J connectivity index is 1.59. The fourth-order valence-electron chi connectivity index (χ4n) is 2.65. The Kier molecular flexibility index (Phi) is 4.46. The number of epoxide rings is 1. The van der Waals surface area contributed by atoms with Crippen LogP contribution in [0.15, 0.2) is 53.3 Å². The highest BCUT2D eigenvalue weighted by atomic mass is 79.9. The maximum absolute atomic E-state index is 12.1. The average molecular weight is 429 g/mol. The third kappa shape index (κ3) is 3.74. The Hall–Kier alpha value is -3.04. The summed E-state index contributed by atoms with van der Waals surface area (Å²) in [5.74, 6) is -1.07. The Morgan fingerprint density at radius 2 is 1.93 bits per heavy atom. The molecule has 4 rings (SSSR count). The van der Waals surface area contributed by atoms with Crippen LogP contribution in [0, 0.1) is 0 Å². The van der Waals surface area contributed by atoms with E-state index in [-0.39, 0.29) is 0 Å². The molecule has 8 nitrogen and oxygen atoms in total. The van der Waals surface area contributed by atoms with Crippen LogP contribution in [0.25, 0.3) is 10.9 Å². The summed E-state index contributed by atoms with van der Waals surface area (Å²) in [5.41, 5.74) is 2.04. The number of hydrogen-bond donors (Lipinski definition) is 3. The molecule has 0 radical (unpaired) electrons. The number of anilines is 3. The van der Waals surface area contributed by atoms with Crippen LogP contribution in [0.1, 0.15) is 0 Å². The van der Waals surface area contributed by atoms with E-state index in [9.17, 15) is 9.59 Å². The smallest absolute Gasteiger partial charge is 0.336 e. The van der Waals surface area contributed by atoms with Crippen LogP contribution in [0.5, 0.6) is 0 Å². The predicted molar refractivity (Wildman–Crippen MR) is 102 cm³/mol. The van der Waals surface area contributed by atoms with Gasteiger partial charge >= 0.3 is 5.97 Å². The van der Waals surface area contributed by atoms with Gasteiger partial charge in [-0.1, -0.05) is 22.0 Å². The molecule has 0 bridgehead atoms. The summed E-state index contributed by atoms with van der Waals surface area (Å²) in [4.78, 5) is 31.4. The van der Waals surface area contributed by atoms with Crippen molar-refractivity contribution in [1.82, 2.24) is 9.97 Å². The SMILES string of the molecule is O=C(O)C1OC1C(=O)Nc1ccc2ncnc(Nc3cccc(Br)c3)c2c1. The monoisotopic (exact) mass is 428 g/mol. The van der Waals surface area contributed by atoms with Gasteiger partial charge in [-0.3, -0.25) is 4.79 Å². The maximum Gasteiger partial charge on any atom is 0.336 e. The minimum Gasteiger partial charge on any atom is -0.479 e. The van der Waals surface area contributed by atoms with Crippen LogP contribution >= 0.6 is 15.9 Å². The number of hydrogen-bond acceptors (Lipinski definition) is 6. The molecule has 0 saturated carbocycles. The third-order valence-electron chi connectivity index (χ3n) is 3.98. The largest absolute Gasteiger partial charge is 0.479 e. The summed E-state index contributed by atoms with van der Waals surface area (Å²) < 4.78 is 5.79. The van der Waals surface area contributed by atoms with E-state index in [2.05, 4.69) is 36.5 Å². The first-order valence-corrected chi connectivity index (χ1v) is 8.77. The lowest BCUT2D eigenvalue weighted by Gasteiger charge is -2.10. The fraction of sp³-hybridized carbons (Fsp3) is 0.111. The first-order chi connectivity index (χ1) is 13.0. The van der Waals surface area contributed by atoms with Gasteiger partial charge in [-0.25, -0.2) is 14.8 Å². The number of halogens is 1. The van der Waals surface area contributed by atoms with E-state index in [0.717, 1.165) is 10.2 Å². The highest BCUT2D eigenvalue weighted by molar-refractivity contribution is 9.10. The molecule has 9 heteroatoms. The van der Waals surface area contributed by atoms with Crippen LogP contribution in [0.2, 0.25) is 0 Å². The standard InChI is InChI=1S/C18H13BrN4O4/c19-9-2-1-3-10(6-9)22-16-12-7-11(4-5-13(12)20-8-21-16)23-17(24)14-15(27-14)18(25)26/h1-8,14-15H,(H,23,24)(H,25,26)(H,20,21,22).